The maximum atomic E-state index is 13.9. The highest BCUT2D eigenvalue weighted by molar-refractivity contribution is 7.90. The number of fused-ring (bicyclic) bond motifs is 1. The molecule has 0 aliphatic heterocycles. The maximum Gasteiger partial charge on any atom is 0.268 e. The molecule has 0 radical (unpaired) electrons. The number of pyridine rings is 1. The summed E-state index contributed by atoms with van der Waals surface area (Å²) in [5, 5.41) is 4.61. The third kappa shape index (κ3) is 6.93. The van der Waals surface area contributed by atoms with Crippen molar-refractivity contribution in [3.8, 4) is 0 Å². The number of halogens is 1. The highest BCUT2D eigenvalue weighted by Gasteiger charge is 2.22. The molecule has 0 amide bonds. The van der Waals surface area contributed by atoms with E-state index in [0.717, 1.165) is 36.9 Å². The van der Waals surface area contributed by atoms with Gasteiger partial charge in [0.2, 0.25) is 5.95 Å². The molecule has 2 heterocycles. The zero-order valence-electron chi connectivity index (χ0n) is 22.3. The van der Waals surface area contributed by atoms with Gasteiger partial charge in [-0.3, -0.25) is 4.90 Å². The van der Waals surface area contributed by atoms with Gasteiger partial charge in [0.05, 0.1) is 16.1 Å². The van der Waals surface area contributed by atoms with Crippen LogP contribution in [0.25, 0.3) is 10.9 Å². The first-order valence-corrected chi connectivity index (χ1v) is 15.4. The van der Waals surface area contributed by atoms with Crippen LogP contribution < -0.4 is 5.32 Å². The Morgan fingerprint density at radius 1 is 0.897 bits per heavy atom. The van der Waals surface area contributed by atoms with Crippen LogP contribution in [0, 0.1) is 5.95 Å². The van der Waals surface area contributed by atoms with E-state index in [0.29, 0.717) is 30.3 Å². The molecule has 4 aromatic rings. The fourth-order valence-corrected chi connectivity index (χ4v) is 6.96. The van der Waals surface area contributed by atoms with E-state index in [1.54, 1.807) is 42.6 Å². The molecule has 0 bridgehead atoms. The first-order chi connectivity index (χ1) is 19.0. The summed E-state index contributed by atoms with van der Waals surface area (Å²) in [5.41, 5.74) is 2.23. The van der Waals surface area contributed by atoms with Crippen molar-refractivity contribution in [2.24, 2.45) is 0 Å². The van der Waals surface area contributed by atoms with E-state index in [9.17, 15) is 12.8 Å². The monoisotopic (exact) mass is 548 g/mol. The number of aromatic nitrogens is 2. The van der Waals surface area contributed by atoms with Crippen LogP contribution in [0.4, 0.5) is 4.39 Å². The normalized spacial score (nSPS) is 14.8. The molecule has 8 heteroatoms. The molecule has 0 spiro atoms. The number of unbranched alkanes of at least 4 members (excludes halogenated alkanes) is 1. The lowest BCUT2D eigenvalue weighted by Crippen LogP contribution is -2.32. The predicted molar refractivity (Wildman–Crippen MR) is 153 cm³/mol. The van der Waals surface area contributed by atoms with Gasteiger partial charge in [0, 0.05) is 30.7 Å². The first kappa shape index (κ1) is 27.5. The highest BCUT2D eigenvalue weighted by atomic mass is 32.2. The van der Waals surface area contributed by atoms with Gasteiger partial charge < -0.3 is 5.32 Å². The summed E-state index contributed by atoms with van der Waals surface area (Å²) in [6.45, 7) is 2.81. The van der Waals surface area contributed by atoms with E-state index in [2.05, 4.69) is 15.2 Å². The molecule has 5 rings (SSSR count). The Bertz CT molecular complexity index is 1470. The molecule has 39 heavy (non-hydrogen) atoms. The van der Waals surface area contributed by atoms with Crippen molar-refractivity contribution in [2.45, 2.75) is 69.0 Å². The fraction of sp³-hybridized carbons (Fsp3) is 0.387. The first-order valence-electron chi connectivity index (χ1n) is 14.0. The standard InChI is InChI=1S/C31H37FN4O2S/c32-31-19-11-14-27(34-31)24-35(21-10-9-20-33-26-12-3-1-4-13-26)22-25-23-36(30-18-8-7-17-29(25)30)39(37,38)28-15-5-2-6-16-28/h2,5-8,11,14-19,23,26,33H,1,3-4,9-10,12-13,20-22,24H2. The quantitative estimate of drug-likeness (QED) is 0.171. The summed E-state index contributed by atoms with van der Waals surface area (Å²) in [6.07, 6.45) is 10.3. The molecule has 6 nitrogen and oxygen atoms in total. The third-order valence-corrected chi connectivity index (χ3v) is 9.24. The minimum atomic E-state index is -3.75. The average Bonchev–Trinajstić information content (AvgIpc) is 3.33. The molecular formula is C31H37FN4O2S. The highest BCUT2D eigenvalue weighted by Crippen LogP contribution is 2.27. The van der Waals surface area contributed by atoms with Crippen molar-refractivity contribution in [1.29, 1.82) is 0 Å². The summed E-state index contributed by atoms with van der Waals surface area (Å²) in [4.78, 5) is 6.58. The minimum absolute atomic E-state index is 0.253. The number of rotatable bonds is 12. The van der Waals surface area contributed by atoms with Gasteiger partial charge in [-0.2, -0.15) is 4.39 Å². The molecule has 1 saturated carbocycles. The van der Waals surface area contributed by atoms with Crippen LogP contribution >= 0.6 is 0 Å². The molecule has 2 aromatic heterocycles. The molecule has 1 aliphatic carbocycles. The van der Waals surface area contributed by atoms with Crippen molar-refractivity contribution in [2.75, 3.05) is 13.1 Å². The third-order valence-electron chi connectivity index (χ3n) is 7.55. The average molecular weight is 549 g/mol. The van der Waals surface area contributed by atoms with E-state index in [4.69, 9.17) is 0 Å². The Balaban J connectivity index is 1.35. The lowest BCUT2D eigenvalue weighted by Gasteiger charge is -2.24. The maximum absolute atomic E-state index is 13.9. The summed E-state index contributed by atoms with van der Waals surface area (Å²) in [5.74, 6) is -0.491. The van der Waals surface area contributed by atoms with Gasteiger partial charge in [0.1, 0.15) is 0 Å². The zero-order valence-corrected chi connectivity index (χ0v) is 23.1. The number of nitrogens with one attached hydrogen (secondary N) is 1. The Morgan fingerprint density at radius 3 is 2.46 bits per heavy atom. The summed E-state index contributed by atoms with van der Waals surface area (Å²) in [6, 6.07) is 21.6. The van der Waals surface area contributed by atoms with Crippen LogP contribution in [0.3, 0.4) is 0 Å². The summed E-state index contributed by atoms with van der Waals surface area (Å²) >= 11 is 0. The van der Waals surface area contributed by atoms with Crippen molar-refractivity contribution < 1.29 is 12.8 Å². The van der Waals surface area contributed by atoms with Gasteiger partial charge in [0.25, 0.3) is 10.0 Å². The van der Waals surface area contributed by atoms with Crippen LogP contribution in [0.1, 0.15) is 56.2 Å². The molecule has 0 atom stereocenters. The fourth-order valence-electron chi connectivity index (χ4n) is 5.54. The Labute approximate surface area is 230 Å². The number of para-hydroxylation sites is 1. The zero-order chi connectivity index (χ0) is 27.1. The van der Waals surface area contributed by atoms with Crippen LogP contribution in [0.5, 0.6) is 0 Å². The number of hydrogen-bond acceptors (Lipinski definition) is 5. The Kier molecular flexibility index (Phi) is 9.06. The second-order valence-electron chi connectivity index (χ2n) is 10.4. The predicted octanol–water partition coefficient (Wildman–Crippen LogP) is 6.12. The Hall–Kier alpha value is -3.07. The molecule has 2 aromatic carbocycles. The van der Waals surface area contributed by atoms with Crippen molar-refractivity contribution in [3.63, 3.8) is 0 Å². The van der Waals surface area contributed by atoms with E-state index >= 15 is 0 Å². The van der Waals surface area contributed by atoms with Gasteiger partial charge in [-0.25, -0.2) is 17.4 Å². The Morgan fingerprint density at radius 2 is 1.67 bits per heavy atom. The van der Waals surface area contributed by atoms with E-state index < -0.39 is 16.0 Å². The molecular weight excluding hydrogens is 511 g/mol. The van der Waals surface area contributed by atoms with Gasteiger partial charge >= 0.3 is 0 Å². The number of benzene rings is 2. The molecule has 1 N–H and O–H groups in total. The van der Waals surface area contributed by atoms with Crippen LogP contribution in [0.15, 0.2) is 83.9 Å². The topological polar surface area (TPSA) is 67.2 Å². The SMILES string of the molecule is O=S(=O)(c1ccccc1)n1cc(CN(CCCCNC2CCCCC2)Cc2cccc(F)n2)c2ccccc21. The van der Waals surface area contributed by atoms with Crippen molar-refractivity contribution >= 4 is 20.9 Å². The molecule has 1 aliphatic rings. The summed E-state index contributed by atoms with van der Waals surface area (Å²) in [7, 11) is -3.75. The summed E-state index contributed by atoms with van der Waals surface area (Å²) < 4.78 is 42.3. The van der Waals surface area contributed by atoms with Crippen LogP contribution in [-0.4, -0.2) is 41.4 Å². The molecule has 206 valence electrons. The number of hydrogen-bond donors (Lipinski definition) is 1. The van der Waals surface area contributed by atoms with Crippen LogP contribution in [-0.2, 0) is 23.1 Å². The largest absolute Gasteiger partial charge is 0.314 e. The molecule has 1 fully saturated rings. The number of nitrogens with zero attached hydrogens (tertiary/aromatic N) is 3. The van der Waals surface area contributed by atoms with Crippen LogP contribution in [0.2, 0.25) is 0 Å². The van der Waals surface area contributed by atoms with Crippen molar-refractivity contribution in [1.82, 2.24) is 19.2 Å². The van der Waals surface area contributed by atoms with Crippen molar-refractivity contribution in [3.05, 3.63) is 96.2 Å². The van der Waals surface area contributed by atoms with Gasteiger partial charge in [0.15, 0.2) is 0 Å². The van der Waals surface area contributed by atoms with Gasteiger partial charge in [-0.05, 0) is 74.7 Å². The smallest absolute Gasteiger partial charge is 0.268 e. The lowest BCUT2D eigenvalue weighted by molar-refractivity contribution is 0.246. The second kappa shape index (κ2) is 12.9. The van der Waals surface area contributed by atoms with E-state index in [1.807, 2.05) is 30.3 Å². The van der Waals surface area contributed by atoms with Gasteiger partial charge in [-0.15, -0.1) is 0 Å². The van der Waals surface area contributed by atoms with E-state index in [-0.39, 0.29) is 4.90 Å². The molecule has 0 unspecified atom stereocenters. The lowest BCUT2D eigenvalue weighted by atomic mass is 9.95. The molecule has 0 saturated heterocycles. The van der Waals surface area contributed by atoms with Gasteiger partial charge in [-0.1, -0.05) is 61.7 Å². The second-order valence-corrected chi connectivity index (χ2v) is 12.3. The van der Waals surface area contributed by atoms with E-state index in [1.165, 1.54) is 42.1 Å². The minimum Gasteiger partial charge on any atom is -0.314 e.